The van der Waals surface area contributed by atoms with E-state index in [0.717, 1.165) is 23.9 Å². The van der Waals surface area contributed by atoms with Gasteiger partial charge in [0.1, 0.15) is 0 Å². The molecular weight excluding hydrogens is 310 g/mol. The van der Waals surface area contributed by atoms with Crippen LogP contribution in [0.2, 0.25) is 0 Å². The van der Waals surface area contributed by atoms with Gasteiger partial charge in [0.2, 0.25) is 0 Å². The molecule has 0 radical (unpaired) electrons. The van der Waals surface area contributed by atoms with Gasteiger partial charge in [-0.2, -0.15) is 0 Å². The van der Waals surface area contributed by atoms with E-state index in [9.17, 15) is 0 Å². The monoisotopic (exact) mass is 337 g/mol. The van der Waals surface area contributed by atoms with E-state index < -0.39 is 0 Å². The number of fused-ring (bicyclic) bond motifs is 5. The summed E-state index contributed by atoms with van der Waals surface area (Å²) in [5.74, 6) is 1.82. The minimum atomic E-state index is 0.660. The standard InChI is InChI=1S/C21H27N3O/c1-15-8-21(25-22-15)14-24-12-16-6-7-19(24)13-23(11-16)20-9-17-4-2-3-5-18(17)10-20/h2-5,8,16,19-20H,6-7,9-14H2,1H3/t16-,19+/m1/s1. The summed E-state index contributed by atoms with van der Waals surface area (Å²) >= 11 is 0. The van der Waals surface area contributed by atoms with Crippen LogP contribution in [0.5, 0.6) is 0 Å². The van der Waals surface area contributed by atoms with E-state index in [4.69, 9.17) is 4.52 Å². The predicted octanol–water partition coefficient (Wildman–Crippen LogP) is 3.05. The second kappa shape index (κ2) is 6.26. The quantitative estimate of drug-likeness (QED) is 0.862. The van der Waals surface area contributed by atoms with Crippen LogP contribution in [0.15, 0.2) is 34.9 Å². The summed E-state index contributed by atoms with van der Waals surface area (Å²) < 4.78 is 5.48. The molecule has 4 heterocycles. The number of benzene rings is 1. The highest BCUT2D eigenvalue weighted by Gasteiger charge is 2.38. The lowest BCUT2D eigenvalue weighted by molar-refractivity contribution is 0.109. The number of nitrogens with zero attached hydrogens (tertiary/aromatic N) is 3. The molecule has 0 spiro atoms. The van der Waals surface area contributed by atoms with Crippen molar-refractivity contribution in [3.63, 3.8) is 0 Å². The second-order valence-electron chi connectivity index (χ2n) is 8.25. The van der Waals surface area contributed by atoms with Crippen molar-refractivity contribution in [2.45, 2.75) is 51.2 Å². The van der Waals surface area contributed by atoms with E-state index in [2.05, 4.69) is 45.3 Å². The number of aromatic nitrogens is 1. The van der Waals surface area contributed by atoms with Gasteiger partial charge in [0, 0.05) is 37.8 Å². The molecule has 4 heteroatoms. The zero-order valence-corrected chi connectivity index (χ0v) is 15.0. The maximum Gasteiger partial charge on any atom is 0.150 e. The van der Waals surface area contributed by atoms with Crippen LogP contribution in [-0.4, -0.2) is 46.7 Å². The summed E-state index contributed by atoms with van der Waals surface area (Å²) in [6.07, 6.45) is 5.18. The van der Waals surface area contributed by atoms with Gasteiger partial charge in [0.15, 0.2) is 5.76 Å². The molecule has 1 aliphatic carbocycles. The normalized spacial score (nSPS) is 27.6. The first-order valence-electron chi connectivity index (χ1n) is 9.71. The van der Waals surface area contributed by atoms with Crippen molar-refractivity contribution in [3.05, 3.63) is 52.9 Å². The Balaban J connectivity index is 1.30. The zero-order chi connectivity index (χ0) is 16.8. The van der Waals surface area contributed by atoms with Crippen LogP contribution in [0.1, 0.15) is 35.4 Å². The molecule has 3 aliphatic heterocycles. The fraction of sp³-hybridized carbons (Fsp3) is 0.571. The van der Waals surface area contributed by atoms with Gasteiger partial charge in [0.25, 0.3) is 0 Å². The molecule has 6 rings (SSSR count). The van der Waals surface area contributed by atoms with Crippen molar-refractivity contribution in [2.24, 2.45) is 5.92 Å². The molecular formula is C21H27N3O. The average Bonchev–Trinajstić information content (AvgIpc) is 3.11. The van der Waals surface area contributed by atoms with Crippen molar-refractivity contribution in [1.29, 1.82) is 0 Å². The Hall–Kier alpha value is -1.65. The minimum absolute atomic E-state index is 0.660. The maximum atomic E-state index is 5.48. The van der Waals surface area contributed by atoms with Crippen LogP contribution in [0, 0.1) is 12.8 Å². The number of rotatable bonds is 3. The molecule has 2 aromatic rings. The topological polar surface area (TPSA) is 32.5 Å². The van der Waals surface area contributed by atoms with Crippen LogP contribution < -0.4 is 0 Å². The van der Waals surface area contributed by atoms with Crippen molar-refractivity contribution < 1.29 is 4.52 Å². The highest BCUT2D eigenvalue weighted by molar-refractivity contribution is 5.33. The third kappa shape index (κ3) is 3.02. The molecule has 25 heavy (non-hydrogen) atoms. The van der Waals surface area contributed by atoms with Crippen LogP contribution in [0.4, 0.5) is 0 Å². The number of hydrogen-bond acceptors (Lipinski definition) is 4. The van der Waals surface area contributed by atoms with E-state index in [-0.39, 0.29) is 0 Å². The highest BCUT2D eigenvalue weighted by atomic mass is 16.5. The van der Waals surface area contributed by atoms with Crippen LogP contribution in [-0.2, 0) is 19.4 Å². The Bertz CT molecular complexity index is 730. The lowest BCUT2D eigenvalue weighted by Gasteiger charge is -2.35. The molecule has 3 saturated heterocycles. The Morgan fingerprint density at radius 1 is 1.04 bits per heavy atom. The Labute approximate surface area is 149 Å². The smallest absolute Gasteiger partial charge is 0.150 e. The molecule has 4 nitrogen and oxygen atoms in total. The first-order valence-corrected chi connectivity index (χ1v) is 9.71. The number of hydrogen-bond donors (Lipinski definition) is 0. The van der Waals surface area contributed by atoms with E-state index in [0.29, 0.717) is 12.1 Å². The summed E-state index contributed by atoms with van der Waals surface area (Å²) in [6, 6.07) is 12.5. The highest BCUT2D eigenvalue weighted by Crippen LogP contribution is 2.33. The number of aryl methyl sites for hydroxylation is 1. The molecule has 0 unspecified atom stereocenters. The van der Waals surface area contributed by atoms with Crippen LogP contribution in [0.3, 0.4) is 0 Å². The summed E-state index contributed by atoms with van der Waals surface area (Å²) in [4.78, 5) is 5.45. The molecule has 1 aromatic heterocycles. The molecule has 2 bridgehead atoms. The Morgan fingerprint density at radius 3 is 2.56 bits per heavy atom. The van der Waals surface area contributed by atoms with E-state index in [1.54, 1.807) is 11.1 Å². The fourth-order valence-electron chi connectivity index (χ4n) is 5.19. The van der Waals surface area contributed by atoms with E-state index in [1.807, 2.05) is 6.92 Å². The van der Waals surface area contributed by atoms with Crippen molar-refractivity contribution in [3.8, 4) is 0 Å². The largest absolute Gasteiger partial charge is 0.360 e. The zero-order valence-electron chi connectivity index (χ0n) is 15.0. The summed E-state index contributed by atoms with van der Waals surface area (Å²) in [6.45, 7) is 6.60. The lowest BCUT2D eigenvalue weighted by atomic mass is 9.95. The molecule has 2 atom stereocenters. The van der Waals surface area contributed by atoms with Crippen molar-refractivity contribution in [2.75, 3.05) is 19.6 Å². The summed E-state index contributed by atoms with van der Waals surface area (Å²) in [7, 11) is 0. The van der Waals surface area contributed by atoms with Gasteiger partial charge in [-0.05, 0) is 49.7 Å². The van der Waals surface area contributed by atoms with Gasteiger partial charge in [-0.3, -0.25) is 9.80 Å². The first-order chi connectivity index (χ1) is 12.2. The third-order valence-corrected chi connectivity index (χ3v) is 6.44. The Kier molecular flexibility index (Phi) is 3.90. The molecule has 132 valence electrons. The SMILES string of the molecule is Cc1cc(CN2C[C@@H]3CC[C@H]2CN(C2Cc4ccccc4C2)C3)on1. The van der Waals surface area contributed by atoms with Crippen LogP contribution >= 0.6 is 0 Å². The van der Waals surface area contributed by atoms with Gasteiger partial charge < -0.3 is 4.52 Å². The molecule has 0 amide bonds. The van der Waals surface area contributed by atoms with Crippen LogP contribution in [0.25, 0.3) is 0 Å². The van der Waals surface area contributed by atoms with Crippen molar-refractivity contribution >= 4 is 0 Å². The van der Waals surface area contributed by atoms with E-state index >= 15 is 0 Å². The molecule has 0 saturated carbocycles. The van der Waals surface area contributed by atoms with E-state index in [1.165, 1.54) is 45.3 Å². The third-order valence-electron chi connectivity index (χ3n) is 6.44. The lowest BCUT2D eigenvalue weighted by Crippen LogP contribution is -2.44. The summed E-state index contributed by atoms with van der Waals surface area (Å²) in [5.41, 5.74) is 4.12. The summed E-state index contributed by atoms with van der Waals surface area (Å²) in [5, 5.41) is 4.06. The van der Waals surface area contributed by atoms with Gasteiger partial charge in [-0.15, -0.1) is 0 Å². The minimum Gasteiger partial charge on any atom is -0.360 e. The average molecular weight is 337 g/mol. The second-order valence-corrected chi connectivity index (χ2v) is 8.25. The fourth-order valence-corrected chi connectivity index (χ4v) is 5.19. The molecule has 1 aromatic carbocycles. The Morgan fingerprint density at radius 2 is 1.84 bits per heavy atom. The van der Waals surface area contributed by atoms with Crippen molar-refractivity contribution in [1.82, 2.24) is 15.0 Å². The molecule has 4 aliphatic rings. The maximum absolute atomic E-state index is 5.48. The van der Waals surface area contributed by atoms with Gasteiger partial charge in [-0.25, -0.2) is 0 Å². The first kappa shape index (κ1) is 15.6. The number of piperidine rings is 1. The van der Waals surface area contributed by atoms with Gasteiger partial charge in [-0.1, -0.05) is 29.4 Å². The predicted molar refractivity (Wildman–Crippen MR) is 97.4 cm³/mol. The molecule has 0 N–H and O–H groups in total. The van der Waals surface area contributed by atoms with Gasteiger partial charge >= 0.3 is 0 Å². The molecule has 3 fully saturated rings. The van der Waals surface area contributed by atoms with Gasteiger partial charge in [0.05, 0.1) is 12.2 Å².